The second-order valence-electron chi connectivity index (χ2n) is 5.33. The molecule has 1 aromatic carbocycles. The predicted octanol–water partition coefficient (Wildman–Crippen LogP) is 3.96. The Morgan fingerprint density at radius 1 is 1.29 bits per heavy atom. The van der Waals surface area contributed by atoms with Crippen LogP contribution < -0.4 is 5.32 Å². The Kier molecular flexibility index (Phi) is 4.00. The molecular weight excluding hydrogens is 344 g/mol. The fourth-order valence-corrected chi connectivity index (χ4v) is 3.71. The lowest BCUT2D eigenvalue weighted by Gasteiger charge is -2.07. The quantitative estimate of drug-likeness (QED) is 0.722. The lowest BCUT2D eigenvalue weighted by molar-refractivity contribution is 0.102. The summed E-state index contributed by atoms with van der Waals surface area (Å²) in [6.07, 6.45) is 3.60. The van der Waals surface area contributed by atoms with Crippen LogP contribution in [0, 0.1) is 0 Å². The third-order valence-corrected chi connectivity index (χ3v) is 5.00. The van der Waals surface area contributed by atoms with Crippen molar-refractivity contribution in [3.8, 4) is 11.3 Å². The number of hydrogen-bond acceptors (Lipinski definition) is 4. The molecule has 0 spiro atoms. The first-order chi connectivity index (χ1) is 11.7. The van der Waals surface area contributed by atoms with Gasteiger partial charge in [-0.05, 0) is 24.3 Å². The molecule has 0 bridgehead atoms. The van der Waals surface area contributed by atoms with E-state index in [-0.39, 0.29) is 11.1 Å². The summed E-state index contributed by atoms with van der Waals surface area (Å²) in [5.41, 5.74) is 2.92. The van der Waals surface area contributed by atoms with Crippen molar-refractivity contribution in [2.24, 2.45) is 0 Å². The normalized spacial score (nSPS) is 12.9. The van der Waals surface area contributed by atoms with Crippen LogP contribution in [0.4, 0.5) is 5.69 Å². The van der Waals surface area contributed by atoms with Crippen molar-refractivity contribution < 1.29 is 4.79 Å². The van der Waals surface area contributed by atoms with E-state index < -0.39 is 0 Å². The minimum Gasteiger partial charge on any atom is -0.325 e. The molecule has 7 heteroatoms. The molecule has 0 atom stereocenters. The van der Waals surface area contributed by atoms with Gasteiger partial charge in [-0.2, -0.15) is 0 Å². The molecule has 24 heavy (non-hydrogen) atoms. The van der Waals surface area contributed by atoms with E-state index in [0.29, 0.717) is 11.3 Å². The van der Waals surface area contributed by atoms with Gasteiger partial charge in [0.25, 0.3) is 5.91 Å². The van der Waals surface area contributed by atoms with Crippen molar-refractivity contribution in [1.82, 2.24) is 14.5 Å². The van der Waals surface area contributed by atoms with Crippen molar-refractivity contribution >= 4 is 35.0 Å². The second kappa shape index (κ2) is 6.30. The zero-order valence-corrected chi connectivity index (χ0v) is 14.1. The van der Waals surface area contributed by atoms with Crippen LogP contribution in [0.5, 0.6) is 0 Å². The first-order valence-corrected chi connectivity index (χ1v) is 8.79. The number of carbonyl (C=O) groups is 1. The number of thioether (sulfide) groups is 1. The van der Waals surface area contributed by atoms with Gasteiger partial charge in [-0.25, -0.2) is 9.97 Å². The maximum absolute atomic E-state index is 12.3. The van der Waals surface area contributed by atoms with Crippen LogP contribution in [0.25, 0.3) is 11.3 Å². The number of hydrogen-bond donors (Lipinski definition) is 1. The van der Waals surface area contributed by atoms with Gasteiger partial charge < -0.3 is 9.88 Å². The molecule has 0 unspecified atom stereocenters. The zero-order valence-electron chi connectivity index (χ0n) is 12.6. The Hall–Kier alpha value is -2.31. The fourth-order valence-electron chi connectivity index (χ4n) is 2.56. The van der Waals surface area contributed by atoms with Crippen molar-refractivity contribution in [3.05, 3.63) is 59.5 Å². The Labute approximate surface area is 148 Å². The molecule has 0 fully saturated rings. The molecule has 1 aliphatic heterocycles. The minimum atomic E-state index is -0.284. The number of amides is 1. The maximum Gasteiger partial charge on any atom is 0.258 e. The van der Waals surface area contributed by atoms with E-state index in [1.807, 2.05) is 30.5 Å². The van der Waals surface area contributed by atoms with Gasteiger partial charge in [-0.15, -0.1) is 0 Å². The van der Waals surface area contributed by atoms with Gasteiger partial charge in [0.1, 0.15) is 5.15 Å². The van der Waals surface area contributed by atoms with Crippen LogP contribution in [-0.2, 0) is 6.54 Å². The molecule has 120 valence electrons. The number of carbonyl (C=O) groups excluding carboxylic acids is 1. The SMILES string of the molecule is O=C(Nc1cccc(-c2cn3c(n2)SCC3)c1)c1cccnc1Cl. The number of rotatable bonds is 3. The maximum atomic E-state index is 12.3. The van der Waals surface area contributed by atoms with E-state index in [9.17, 15) is 4.79 Å². The van der Waals surface area contributed by atoms with Crippen LogP contribution in [-0.4, -0.2) is 26.2 Å². The molecule has 1 amide bonds. The Balaban J connectivity index is 1.58. The number of nitrogens with zero attached hydrogens (tertiary/aromatic N) is 3. The van der Waals surface area contributed by atoms with Gasteiger partial charge in [-0.1, -0.05) is 35.5 Å². The van der Waals surface area contributed by atoms with E-state index in [1.165, 1.54) is 0 Å². The zero-order chi connectivity index (χ0) is 16.5. The molecule has 0 saturated carbocycles. The number of benzene rings is 1. The topological polar surface area (TPSA) is 59.8 Å². The molecule has 4 rings (SSSR count). The van der Waals surface area contributed by atoms with Gasteiger partial charge in [0.2, 0.25) is 0 Å². The molecule has 0 radical (unpaired) electrons. The summed E-state index contributed by atoms with van der Waals surface area (Å²) >= 11 is 7.73. The van der Waals surface area contributed by atoms with Crippen LogP contribution in [0.15, 0.2) is 53.9 Å². The summed E-state index contributed by atoms with van der Waals surface area (Å²) < 4.78 is 2.15. The predicted molar refractivity (Wildman–Crippen MR) is 95.6 cm³/mol. The highest BCUT2D eigenvalue weighted by Gasteiger charge is 2.16. The number of pyridine rings is 1. The Morgan fingerprint density at radius 2 is 2.21 bits per heavy atom. The molecule has 1 N–H and O–H groups in total. The lowest BCUT2D eigenvalue weighted by atomic mass is 10.1. The largest absolute Gasteiger partial charge is 0.325 e. The second-order valence-corrected chi connectivity index (χ2v) is 6.75. The molecule has 2 aromatic heterocycles. The van der Waals surface area contributed by atoms with Crippen LogP contribution in [0.1, 0.15) is 10.4 Å². The molecular formula is C17H13ClN4OS. The monoisotopic (exact) mass is 356 g/mol. The highest BCUT2D eigenvalue weighted by molar-refractivity contribution is 7.99. The number of nitrogens with one attached hydrogen (secondary N) is 1. The Bertz CT molecular complexity index is 903. The summed E-state index contributed by atoms with van der Waals surface area (Å²) in [6.45, 7) is 0.989. The van der Waals surface area contributed by atoms with E-state index in [0.717, 1.165) is 28.7 Å². The third kappa shape index (κ3) is 2.90. The summed E-state index contributed by atoms with van der Waals surface area (Å²) in [6, 6.07) is 10.9. The summed E-state index contributed by atoms with van der Waals surface area (Å²) in [5.74, 6) is 0.790. The van der Waals surface area contributed by atoms with Gasteiger partial charge in [0.05, 0.1) is 11.3 Å². The third-order valence-electron chi connectivity index (χ3n) is 3.72. The highest BCUT2D eigenvalue weighted by Crippen LogP contribution is 2.30. The van der Waals surface area contributed by atoms with Crippen LogP contribution in [0.3, 0.4) is 0 Å². The number of aryl methyl sites for hydroxylation is 1. The van der Waals surface area contributed by atoms with Gasteiger partial charge in [0, 0.05) is 35.9 Å². The smallest absolute Gasteiger partial charge is 0.258 e. The minimum absolute atomic E-state index is 0.189. The van der Waals surface area contributed by atoms with Crippen LogP contribution >= 0.6 is 23.4 Å². The number of halogens is 1. The molecule has 0 saturated heterocycles. The van der Waals surface area contributed by atoms with E-state index in [1.54, 1.807) is 30.1 Å². The summed E-state index contributed by atoms with van der Waals surface area (Å²) in [4.78, 5) is 20.9. The van der Waals surface area contributed by atoms with E-state index in [2.05, 4.69) is 19.9 Å². The molecule has 5 nitrogen and oxygen atoms in total. The van der Waals surface area contributed by atoms with Gasteiger partial charge in [-0.3, -0.25) is 4.79 Å². The lowest BCUT2D eigenvalue weighted by Crippen LogP contribution is -2.12. The van der Waals surface area contributed by atoms with Crippen molar-refractivity contribution in [1.29, 1.82) is 0 Å². The highest BCUT2D eigenvalue weighted by atomic mass is 35.5. The number of aromatic nitrogens is 3. The number of imidazole rings is 1. The van der Waals surface area contributed by atoms with Crippen molar-refractivity contribution in [2.45, 2.75) is 11.7 Å². The van der Waals surface area contributed by atoms with E-state index in [4.69, 9.17) is 11.6 Å². The molecule has 3 aromatic rings. The number of fused-ring (bicyclic) bond motifs is 1. The van der Waals surface area contributed by atoms with Crippen molar-refractivity contribution in [3.63, 3.8) is 0 Å². The average Bonchev–Trinajstić information content (AvgIpc) is 3.17. The van der Waals surface area contributed by atoms with Crippen LogP contribution in [0.2, 0.25) is 5.15 Å². The molecule has 1 aliphatic rings. The van der Waals surface area contributed by atoms with Crippen molar-refractivity contribution in [2.75, 3.05) is 11.1 Å². The average molecular weight is 357 g/mol. The standard InChI is InChI=1S/C17H13ClN4OS/c18-15-13(5-2-6-19-15)16(23)20-12-4-1-3-11(9-12)14-10-22-7-8-24-17(22)21-14/h1-6,9-10H,7-8H2,(H,20,23). The van der Waals surface area contributed by atoms with E-state index >= 15 is 0 Å². The fraction of sp³-hybridized carbons (Fsp3) is 0.118. The molecule has 3 heterocycles. The van der Waals surface area contributed by atoms with Gasteiger partial charge in [0.15, 0.2) is 5.16 Å². The first kappa shape index (κ1) is 15.2. The molecule has 0 aliphatic carbocycles. The summed E-state index contributed by atoms with van der Waals surface area (Å²) in [7, 11) is 0. The van der Waals surface area contributed by atoms with Gasteiger partial charge >= 0.3 is 0 Å². The Morgan fingerprint density at radius 3 is 3.04 bits per heavy atom. The number of anilines is 1. The first-order valence-electron chi connectivity index (χ1n) is 7.43. The summed E-state index contributed by atoms with van der Waals surface area (Å²) in [5, 5.41) is 4.09.